The van der Waals surface area contributed by atoms with Crippen molar-refractivity contribution in [3.05, 3.63) is 42.2 Å². The van der Waals surface area contributed by atoms with E-state index in [9.17, 15) is 0 Å². The third-order valence-corrected chi connectivity index (χ3v) is 2.28. The first-order valence-corrected chi connectivity index (χ1v) is 4.84. The highest BCUT2D eigenvalue weighted by molar-refractivity contribution is 5.81. The van der Waals surface area contributed by atoms with Crippen molar-refractivity contribution in [1.82, 2.24) is 4.98 Å². The highest BCUT2D eigenvalue weighted by atomic mass is 16.2. The van der Waals surface area contributed by atoms with E-state index in [1.54, 1.807) is 0 Å². The van der Waals surface area contributed by atoms with E-state index in [2.05, 4.69) is 23.2 Å². The highest BCUT2D eigenvalue weighted by Gasteiger charge is 1.96. The molecule has 1 aromatic heterocycles. The van der Waals surface area contributed by atoms with Crippen LogP contribution in [0.4, 0.5) is 0 Å². The van der Waals surface area contributed by atoms with Gasteiger partial charge in [-0.1, -0.05) is 24.3 Å². The largest absolute Gasteiger partial charge is 0.396 e. The van der Waals surface area contributed by atoms with Crippen LogP contribution in [0.1, 0.15) is 12.1 Å². The van der Waals surface area contributed by atoms with Gasteiger partial charge in [0.2, 0.25) is 0 Å². The molecule has 0 amide bonds. The average Bonchev–Trinajstić information content (AvgIpc) is 2.26. The number of aromatic nitrogens is 1. The monoisotopic (exact) mass is 187 g/mol. The van der Waals surface area contributed by atoms with Gasteiger partial charge in [0.25, 0.3) is 0 Å². The van der Waals surface area contributed by atoms with E-state index in [1.165, 1.54) is 10.8 Å². The summed E-state index contributed by atoms with van der Waals surface area (Å²) < 4.78 is 0. The Morgan fingerprint density at radius 3 is 2.71 bits per heavy atom. The molecule has 1 N–H and O–H groups in total. The summed E-state index contributed by atoms with van der Waals surface area (Å²) in [5, 5.41) is 11.1. The predicted octanol–water partition coefficient (Wildman–Crippen LogP) is 2.16. The fraction of sp³-hybridized carbons (Fsp3) is 0.250. The zero-order valence-corrected chi connectivity index (χ0v) is 7.98. The highest BCUT2D eigenvalue weighted by Crippen LogP contribution is 2.13. The second-order valence-corrected chi connectivity index (χ2v) is 3.35. The first kappa shape index (κ1) is 9.16. The van der Waals surface area contributed by atoms with Crippen molar-refractivity contribution >= 4 is 10.8 Å². The second-order valence-electron chi connectivity index (χ2n) is 3.35. The Kier molecular flexibility index (Phi) is 2.75. The summed E-state index contributed by atoms with van der Waals surface area (Å²) in [4.78, 5) is 4.33. The molecule has 0 bridgehead atoms. The lowest BCUT2D eigenvalue weighted by atomic mass is 10.1. The number of rotatable bonds is 3. The van der Waals surface area contributed by atoms with Crippen molar-refractivity contribution in [3.63, 3.8) is 0 Å². The fourth-order valence-electron chi connectivity index (χ4n) is 1.53. The van der Waals surface area contributed by atoms with Crippen molar-refractivity contribution in [2.75, 3.05) is 6.61 Å². The lowest BCUT2D eigenvalue weighted by Gasteiger charge is -2.01. The van der Waals surface area contributed by atoms with Gasteiger partial charge in [-0.15, -0.1) is 0 Å². The zero-order chi connectivity index (χ0) is 9.80. The third kappa shape index (κ3) is 1.91. The summed E-state index contributed by atoms with van der Waals surface area (Å²) in [5.41, 5.74) is 1.05. The van der Waals surface area contributed by atoms with Gasteiger partial charge in [0.05, 0.1) is 0 Å². The second kappa shape index (κ2) is 4.20. The lowest BCUT2D eigenvalue weighted by molar-refractivity contribution is 0.288. The van der Waals surface area contributed by atoms with E-state index in [0.29, 0.717) is 0 Å². The van der Waals surface area contributed by atoms with E-state index in [-0.39, 0.29) is 6.61 Å². The molecule has 0 aliphatic carbocycles. The van der Waals surface area contributed by atoms with Gasteiger partial charge in [-0.25, -0.2) is 0 Å². The molecule has 2 aromatic rings. The maximum absolute atomic E-state index is 8.71. The zero-order valence-electron chi connectivity index (χ0n) is 7.98. The molecule has 1 aromatic carbocycles. The van der Waals surface area contributed by atoms with E-state index in [0.717, 1.165) is 18.5 Å². The molecule has 0 unspecified atom stereocenters. The quantitative estimate of drug-likeness (QED) is 0.798. The van der Waals surface area contributed by atoms with Crippen molar-refractivity contribution < 1.29 is 5.11 Å². The fourth-order valence-corrected chi connectivity index (χ4v) is 1.53. The molecule has 0 fully saturated rings. The molecule has 0 aliphatic heterocycles. The minimum absolute atomic E-state index is 0.231. The van der Waals surface area contributed by atoms with Crippen LogP contribution in [0.2, 0.25) is 0 Å². The summed E-state index contributed by atoms with van der Waals surface area (Å²) in [6.45, 7) is 0.231. The molecule has 1 heterocycles. The summed E-state index contributed by atoms with van der Waals surface area (Å²) in [6.07, 6.45) is 3.52. The maximum Gasteiger partial charge on any atom is 0.0434 e. The Balaban J connectivity index is 2.32. The van der Waals surface area contributed by atoms with Crippen molar-refractivity contribution in [2.24, 2.45) is 0 Å². The van der Waals surface area contributed by atoms with Gasteiger partial charge >= 0.3 is 0 Å². The van der Waals surface area contributed by atoms with Crippen LogP contribution in [0.15, 0.2) is 36.5 Å². The first-order chi connectivity index (χ1) is 6.90. The minimum Gasteiger partial charge on any atom is -0.396 e. The molecular weight excluding hydrogens is 174 g/mol. The molecule has 0 atom stereocenters. The van der Waals surface area contributed by atoms with Crippen LogP contribution in [0.25, 0.3) is 10.8 Å². The molecule has 14 heavy (non-hydrogen) atoms. The van der Waals surface area contributed by atoms with Gasteiger partial charge in [0.15, 0.2) is 0 Å². The Bertz CT molecular complexity index is 425. The maximum atomic E-state index is 8.71. The molecule has 0 aliphatic rings. The number of hydrogen-bond donors (Lipinski definition) is 1. The Morgan fingerprint density at radius 2 is 1.93 bits per heavy atom. The average molecular weight is 187 g/mol. The molecule has 72 valence electrons. The predicted molar refractivity (Wildman–Crippen MR) is 57.1 cm³/mol. The van der Waals surface area contributed by atoms with Crippen LogP contribution in [-0.2, 0) is 6.42 Å². The van der Waals surface area contributed by atoms with Gasteiger partial charge in [-0.3, -0.25) is 4.98 Å². The number of hydrogen-bond acceptors (Lipinski definition) is 2. The Morgan fingerprint density at radius 1 is 1.14 bits per heavy atom. The number of fused-ring (bicyclic) bond motifs is 1. The normalized spacial score (nSPS) is 10.6. The topological polar surface area (TPSA) is 33.1 Å². The van der Waals surface area contributed by atoms with E-state index in [4.69, 9.17) is 5.11 Å². The molecule has 0 saturated carbocycles. The number of pyridine rings is 1. The van der Waals surface area contributed by atoms with Crippen LogP contribution < -0.4 is 0 Å². The van der Waals surface area contributed by atoms with Gasteiger partial charge in [-0.2, -0.15) is 0 Å². The van der Waals surface area contributed by atoms with Crippen LogP contribution in [-0.4, -0.2) is 16.7 Å². The van der Waals surface area contributed by atoms with E-state index in [1.807, 2.05) is 18.3 Å². The molecule has 2 rings (SSSR count). The van der Waals surface area contributed by atoms with Crippen LogP contribution in [0.5, 0.6) is 0 Å². The van der Waals surface area contributed by atoms with Gasteiger partial charge in [-0.05, 0) is 24.3 Å². The summed E-state index contributed by atoms with van der Waals surface area (Å²) in [7, 11) is 0. The third-order valence-electron chi connectivity index (χ3n) is 2.28. The number of aryl methyl sites for hydroxylation is 1. The van der Waals surface area contributed by atoms with Crippen LogP contribution in [0, 0.1) is 0 Å². The van der Waals surface area contributed by atoms with E-state index < -0.39 is 0 Å². The number of aliphatic hydroxyl groups excluding tert-OH is 1. The first-order valence-electron chi connectivity index (χ1n) is 4.84. The summed E-state index contributed by atoms with van der Waals surface area (Å²) in [5.74, 6) is 0. The van der Waals surface area contributed by atoms with Crippen LogP contribution in [0.3, 0.4) is 0 Å². The van der Waals surface area contributed by atoms with Crippen LogP contribution >= 0.6 is 0 Å². The molecule has 0 saturated heterocycles. The van der Waals surface area contributed by atoms with Gasteiger partial charge < -0.3 is 5.11 Å². The lowest BCUT2D eigenvalue weighted by Crippen LogP contribution is -1.92. The van der Waals surface area contributed by atoms with E-state index >= 15 is 0 Å². The summed E-state index contributed by atoms with van der Waals surface area (Å²) >= 11 is 0. The molecule has 0 spiro atoms. The smallest absolute Gasteiger partial charge is 0.0434 e. The van der Waals surface area contributed by atoms with Gasteiger partial charge in [0.1, 0.15) is 0 Å². The number of benzene rings is 1. The van der Waals surface area contributed by atoms with Crippen molar-refractivity contribution in [2.45, 2.75) is 12.8 Å². The Labute approximate surface area is 83.2 Å². The molecule has 0 radical (unpaired) electrons. The number of nitrogens with zero attached hydrogens (tertiary/aromatic N) is 1. The van der Waals surface area contributed by atoms with Gasteiger partial charge in [0, 0.05) is 23.9 Å². The number of aliphatic hydroxyl groups is 1. The van der Waals surface area contributed by atoms with Crippen molar-refractivity contribution in [3.8, 4) is 0 Å². The Hall–Kier alpha value is -1.41. The molecule has 2 heteroatoms. The van der Waals surface area contributed by atoms with Crippen molar-refractivity contribution in [1.29, 1.82) is 0 Å². The minimum atomic E-state index is 0.231. The SMILES string of the molecule is OCCCc1cc2ccccc2cn1. The molecule has 2 nitrogen and oxygen atoms in total. The molecular formula is C12H13NO. The standard InChI is InChI=1S/C12H13NO/c14-7-3-6-12-8-10-4-1-2-5-11(10)9-13-12/h1-2,4-5,8-9,14H,3,6-7H2. The summed E-state index contributed by atoms with van der Waals surface area (Å²) in [6, 6.07) is 10.3.